The van der Waals surface area contributed by atoms with Crippen LogP contribution in [-0.2, 0) is 16.4 Å². The lowest BCUT2D eigenvalue weighted by atomic mass is 10.2. The van der Waals surface area contributed by atoms with Crippen LogP contribution in [-0.4, -0.2) is 15.0 Å². The molecule has 0 radical (unpaired) electrons. The maximum Gasteiger partial charge on any atom is 0.239 e. The number of sulfonamides is 1. The standard InChI is InChI=1S/C8H8BrNO3S/c9-6-4-7-5(1-2-13-7)3-8(6)14(10,11)12/h3-4H,1-2H2,(H2,10,11,12). The smallest absolute Gasteiger partial charge is 0.239 e. The van der Waals surface area contributed by atoms with Crippen molar-refractivity contribution in [3.8, 4) is 5.75 Å². The molecule has 0 atom stereocenters. The zero-order chi connectivity index (χ0) is 10.3. The molecular weight excluding hydrogens is 270 g/mol. The summed E-state index contributed by atoms with van der Waals surface area (Å²) in [6.07, 6.45) is 0.727. The first kappa shape index (κ1) is 9.95. The molecule has 0 amide bonds. The van der Waals surface area contributed by atoms with E-state index in [-0.39, 0.29) is 4.90 Å². The van der Waals surface area contributed by atoms with E-state index in [9.17, 15) is 8.42 Å². The Bertz CT molecular complexity index is 484. The van der Waals surface area contributed by atoms with Gasteiger partial charge in [0, 0.05) is 10.9 Å². The summed E-state index contributed by atoms with van der Waals surface area (Å²) in [5.41, 5.74) is 0.886. The molecule has 1 aromatic rings. The van der Waals surface area contributed by atoms with Gasteiger partial charge in [-0.3, -0.25) is 0 Å². The Hall–Kier alpha value is -0.590. The average molecular weight is 278 g/mol. The molecule has 1 heterocycles. The minimum absolute atomic E-state index is 0.113. The molecule has 1 aliphatic heterocycles. The number of hydrogen-bond acceptors (Lipinski definition) is 3. The molecule has 2 rings (SSSR count). The normalized spacial score (nSPS) is 15.0. The topological polar surface area (TPSA) is 69.4 Å². The number of hydrogen-bond donors (Lipinski definition) is 1. The highest BCUT2D eigenvalue weighted by Crippen LogP contribution is 2.33. The van der Waals surface area contributed by atoms with Crippen molar-refractivity contribution in [1.82, 2.24) is 0 Å². The maximum absolute atomic E-state index is 11.2. The lowest BCUT2D eigenvalue weighted by Gasteiger charge is -2.04. The predicted octanol–water partition coefficient (Wildman–Crippen LogP) is 1.03. The van der Waals surface area contributed by atoms with Crippen LogP contribution < -0.4 is 9.88 Å². The van der Waals surface area contributed by atoms with Gasteiger partial charge < -0.3 is 4.74 Å². The third kappa shape index (κ3) is 1.65. The first-order valence-corrected chi connectivity index (χ1v) is 6.30. The molecule has 1 aliphatic rings. The van der Waals surface area contributed by atoms with Gasteiger partial charge in [-0.1, -0.05) is 0 Å². The van der Waals surface area contributed by atoms with Crippen molar-refractivity contribution in [3.05, 3.63) is 22.2 Å². The van der Waals surface area contributed by atoms with E-state index < -0.39 is 10.0 Å². The Balaban J connectivity index is 2.65. The number of nitrogens with two attached hydrogens (primary N) is 1. The molecule has 2 N–H and O–H groups in total. The molecule has 4 nitrogen and oxygen atoms in total. The molecule has 0 unspecified atom stereocenters. The number of halogens is 1. The van der Waals surface area contributed by atoms with Gasteiger partial charge in [-0.2, -0.15) is 0 Å². The van der Waals surface area contributed by atoms with Crippen molar-refractivity contribution in [2.45, 2.75) is 11.3 Å². The molecule has 6 heteroatoms. The Kier molecular flexibility index (Phi) is 2.29. The zero-order valence-corrected chi connectivity index (χ0v) is 9.56. The number of benzene rings is 1. The monoisotopic (exact) mass is 277 g/mol. The first-order chi connectivity index (χ1) is 6.48. The quantitative estimate of drug-likeness (QED) is 0.834. The number of ether oxygens (including phenoxy) is 1. The lowest BCUT2D eigenvalue weighted by molar-refractivity contribution is 0.356. The Morgan fingerprint density at radius 2 is 2.14 bits per heavy atom. The molecule has 0 saturated carbocycles. The fourth-order valence-electron chi connectivity index (χ4n) is 1.40. The van der Waals surface area contributed by atoms with Crippen LogP contribution in [0.5, 0.6) is 5.75 Å². The van der Waals surface area contributed by atoms with Crippen LogP contribution in [0.2, 0.25) is 0 Å². The van der Waals surface area contributed by atoms with Gasteiger partial charge in [-0.25, -0.2) is 13.6 Å². The van der Waals surface area contributed by atoms with Crippen LogP contribution in [0.15, 0.2) is 21.5 Å². The summed E-state index contributed by atoms with van der Waals surface area (Å²) >= 11 is 3.15. The van der Waals surface area contributed by atoms with Gasteiger partial charge in [0.1, 0.15) is 5.75 Å². The molecule has 0 spiro atoms. The zero-order valence-electron chi connectivity index (χ0n) is 7.16. The van der Waals surface area contributed by atoms with Crippen molar-refractivity contribution in [3.63, 3.8) is 0 Å². The minimum Gasteiger partial charge on any atom is -0.493 e. The summed E-state index contributed by atoms with van der Waals surface area (Å²) in [7, 11) is -3.66. The van der Waals surface area contributed by atoms with Crippen LogP contribution in [0.4, 0.5) is 0 Å². The van der Waals surface area contributed by atoms with Crippen molar-refractivity contribution in [2.24, 2.45) is 5.14 Å². The van der Waals surface area contributed by atoms with Crippen LogP contribution in [0, 0.1) is 0 Å². The third-order valence-corrected chi connectivity index (χ3v) is 3.92. The van der Waals surface area contributed by atoms with Crippen molar-refractivity contribution >= 4 is 26.0 Å². The van der Waals surface area contributed by atoms with Gasteiger partial charge in [0.05, 0.1) is 11.5 Å². The molecule has 1 aromatic carbocycles. The van der Waals surface area contributed by atoms with E-state index in [4.69, 9.17) is 9.88 Å². The van der Waals surface area contributed by atoms with Gasteiger partial charge in [0.25, 0.3) is 0 Å². The molecular formula is C8H8BrNO3S. The molecule has 0 fully saturated rings. The summed E-state index contributed by atoms with van der Waals surface area (Å²) in [5, 5.41) is 5.05. The fourth-order valence-corrected chi connectivity index (χ4v) is 3.03. The summed E-state index contributed by atoms with van der Waals surface area (Å²) in [5.74, 6) is 0.726. The molecule has 14 heavy (non-hydrogen) atoms. The Labute approximate surface area is 90.2 Å². The molecule has 0 saturated heterocycles. The fraction of sp³-hybridized carbons (Fsp3) is 0.250. The average Bonchev–Trinajstić information content (AvgIpc) is 2.47. The Morgan fingerprint density at radius 3 is 2.79 bits per heavy atom. The summed E-state index contributed by atoms with van der Waals surface area (Å²) < 4.78 is 28.0. The van der Waals surface area contributed by atoms with Gasteiger partial charge in [-0.05, 0) is 33.6 Å². The van der Waals surface area contributed by atoms with E-state index in [1.54, 1.807) is 12.1 Å². The highest BCUT2D eigenvalue weighted by Gasteiger charge is 2.19. The van der Waals surface area contributed by atoms with Gasteiger partial charge in [0.15, 0.2) is 0 Å². The van der Waals surface area contributed by atoms with Crippen molar-refractivity contribution in [2.75, 3.05) is 6.61 Å². The van der Waals surface area contributed by atoms with Gasteiger partial charge in [-0.15, -0.1) is 0 Å². The second kappa shape index (κ2) is 3.22. The highest BCUT2D eigenvalue weighted by atomic mass is 79.9. The predicted molar refractivity (Wildman–Crippen MR) is 54.7 cm³/mol. The second-order valence-corrected chi connectivity index (χ2v) is 5.42. The highest BCUT2D eigenvalue weighted by molar-refractivity contribution is 9.10. The second-order valence-electron chi connectivity index (χ2n) is 3.03. The van der Waals surface area contributed by atoms with Gasteiger partial charge in [0.2, 0.25) is 10.0 Å². The molecule has 76 valence electrons. The first-order valence-electron chi connectivity index (χ1n) is 3.96. The summed E-state index contributed by atoms with van der Waals surface area (Å²) in [6.45, 7) is 0.593. The van der Waals surface area contributed by atoms with E-state index in [1.807, 2.05) is 0 Å². The molecule has 0 aromatic heterocycles. The largest absolute Gasteiger partial charge is 0.493 e. The van der Waals surface area contributed by atoms with Crippen LogP contribution in [0.1, 0.15) is 5.56 Å². The summed E-state index contributed by atoms with van der Waals surface area (Å²) in [4.78, 5) is 0.113. The summed E-state index contributed by atoms with van der Waals surface area (Å²) in [6, 6.07) is 3.20. The Morgan fingerprint density at radius 1 is 1.43 bits per heavy atom. The number of primary sulfonamides is 1. The van der Waals surface area contributed by atoms with Crippen LogP contribution in [0.3, 0.4) is 0 Å². The SMILES string of the molecule is NS(=O)(=O)c1cc2c(cc1Br)OCC2. The molecule has 0 bridgehead atoms. The maximum atomic E-state index is 11.2. The molecule has 0 aliphatic carbocycles. The number of rotatable bonds is 1. The van der Waals surface area contributed by atoms with Crippen LogP contribution >= 0.6 is 15.9 Å². The van der Waals surface area contributed by atoms with E-state index in [0.717, 1.165) is 17.7 Å². The van der Waals surface area contributed by atoms with Gasteiger partial charge >= 0.3 is 0 Å². The van der Waals surface area contributed by atoms with E-state index in [0.29, 0.717) is 11.1 Å². The van der Waals surface area contributed by atoms with E-state index in [2.05, 4.69) is 15.9 Å². The van der Waals surface area contributed by atoms with Crippen molar-refractivity contribution in [1.29, 1.82) is 0 Å². The van der Waals surface area contributed by atoms with Crippen molar-refractivity contribution < 1.29 is 13.2 Å². The number of fused-ring (bicyclic) bond motifs is 1. The van der Waals surface area contributed by atoms with E-state index in [1.165, 1.54) is 0 Å². The van der Waals surface area contributed by atoms with Crippen LogP contribution in [0.25, 0.3) is 0 Å². The lowest BCUT2D eigenvalue weighted by Crippen LogP contribution is -2.13. The third-order valence-electron chi connectivity index (χ3n) is 2.05. The van der Waals surface area contributed by atoms with E-state index >= 15 is 0 Å². The minimum atomic E-state index is -3.66.